The number of nitrogens with one attached hydrogen (secondary N) is 1. The van der Waals surface area contributed by atoms with Crippen molar-refractivity contribution >= 4 is 34.9 Å². The van der Waals surface area contributed by atoms with E-state index in [4.69, 9.17) is 0 Å². The summed E-state index contributed by atoms with van der Waals surface area (Å²) in [5, 5.41) is 7.85. The van der Waals surface area contributed by atoms with Crippen molar-refractivity contribution < 1.29 is 58.7 Å². The van der Waals surface area contributed by atoms with Crippen LogP contribution in [-0.4, -0.2) is 66.4 Å². The Morgan fingerprint density at radius 3 is 1.52 bits per heavy atom. The summed E-state index contributed by atoms with van der Waals surface area (Å²) in [6, 6.07) is 22.6. The number of halogens is 8. The number of aromatic nitrogens is 6. The fourth-order valence-corrected chi connectivity index (χ4v) is 5.62. The maximum Gasteiger partial charge on any atom is 0.471 e. The molecule has 3 amide bonds. The monoisotopic (exact) mass is 903 g/mol. The van der Waals surface area contributed by atoms with E-state index >= 15 is 0 Å². The van der Waals surface area contributed by atoms with Crippen LogP contribution in [0.5, 0.6) is 0 Å². The lowest BCUT2D eigenvalue weighted by molar-refractivity contribution is -0.173. The lowest BCUT2D eigenvalue weighted by Crippen LogP contribution is -2.39. The largest absolute Gasteiger partial charge is 0.471 e. The van der Waals surface area contributed by atoms with Crippen molar-refractivity contribution in [1.82, 2.24) is 35.5 Å². The molecular formula is C43H29F8N9O5. The van der Waals surface area contributed by atoms with Gasteiger partial charge in [-0.15, -0.1) is 10.2 Å². The van der Waals surface area contributed by atoms with Crippen molar-refractivity contribution in [3.8, 4) is 11.5 Å². The minimum Gasteiger partial charge on any atom is -0.413 e. The molecule has 5 aromatic heterocycles. The van der Waals surface area contributed by atoms with Gasteiger partial charge < -0.3 is 19.5 Å². The molecule has 0 unspecified atom stereocenters. The smallest absolute Gasteiger partial charge is 0.413 e. The molecule has 65 heavy (non-hydrogen) atoms. The van der Waals surface area contributed by atoms with Gasteiger partial charge in [-0.3, -0.25) is 39.1 Å². The van der Waals surface area contributed by atoms with E-state index in [1.807, 2.05) is 0 Å². The predicted molar refractivity (Wildman–Crippen MR) is 212 cm³/mol. The molecule has 0 saturated carbocycles. The van der Waals surface area contributed by atoms with E-state index in [0.29, 0.717) is 28.2 Å². The molecule has 0 saturated heterocycles. The Balaban J connectivity index is 0.000000215. The molecule has 2 aromatic carbocycles. The predicted octanol–water partition coefficient (Wildman–Crippen LogP) is 7.86. The van der Waals surface area contributed by atoms with Crippen LogP contribution >= 0.6 is 0 Å². The Labute approximate surface area is 361 Å². The molecule has 0 aliphatic carbocycles. The first kappa shape index (κ1) is 46.2. The summed E-state index contributed by atoms with van der Waals surface area (Å²) in [7, 11) is 0. The standard InChI is InChI=1S/C22H16F4N4O3.C21H13F4N5O2/c23-16-2-1-3-18(10-16)30(20(32)14-6-8-27-9-7-14)13-17-5-4-15(11-28-17)19(31)12-29-21(33)22(24,25)26;22-15-2-1-3-17(10-15)30(19(31)13-6-8-26-9-7-13)12-16-5-4-14(11-27-16)18-28-29-20(32-18)21(23,24)25/h1-11H,12-13H2,(H,29,33);1-11H,12H2. The Morgan fingerprint density at radius 2 is 1.11 bits per heavy atom. The molecule has 22 heteroatoms. The van der Waals surface area contributed by atoms with Crippen molar-refractivity contribution in [1.29, 1.82) is 0 Å². The number of ketones is 1. The zero-order chi connectivity index (χ0) is 46.7. The average Bonchev–Trinajstić information content (AvgIpc) is 3.81. The van der Waals surface area contributed by atoms with Crippen LogP contribution in [-0.2, 0) is 24.1 Å². The number of pyridine rings is 4. The van der Waals surface area contributed by atoms with Gasteiger partial charge in [0.25, 0.3) is 11.8 Å². The lowest BCUT2D eigenvalue weighted by atomic mass is 10.1. The van der Waals surface area contributed by atoms with Gasteiger partial charge in [-0.05, 0) is 84.9 Å². The second-order valence-corrected chi connectivity index (χ2v) is 13.3. The highest BCUT2D eigenvalue weighted by molar-refractivity contribution is 6.06. The maximum atomic E-state index is 13.8. The second kappa shape index (κ2) is 20.3. The molecule has 1 N–H and O–H groups in total. The molecule has 0 atom stereocenters. The zero-order valence-electron chi connectivity index (χ0n) is 33.0. The van der Waals surface area contributed by atoms with Crippen molar-refractivity contribution in [3.05, 3.63) is 180 Å². The Bertz CT molecular complexity index is 2760. The number of hydrogen-bond donors (Lipinski definition) is 1. The van der Waals surface area contributed by atoms with Crippen molar-refractivity contribution in [2.24, 2.45) is 0 Å². The molecule has 0 spiro atoms. The number of carbonyl (C=O) groups excluding carboxylic acids is 4. The van der Waals surface area contributed by atoms with Gasteiger partial charge in [-0.1, -0.05) is 12.1 Å². The van der Waals surface area contributed by atoms with Gasteiger partial charge in [0.2, 0.25) is 5.89 Å². The van der Waals surface area contributed by atoms with Gasteiger partial charge in [-0.25, -0.2) is 8.78 Å². The fraction of sp³-hybridized carbons (Fsp3) is 0.116. The van der Waals surface area contributed by atoms with Crippen LogP contribution in [0.1, 0.15) is 48.4 Å². The third-order valence-corrected chi connectivity index (χ3v) is 8.78. The number of alkyl halides is 6. The molecular weight excluding hydrogens is 875 g/mol. The summed E-state index contributed by atoms with van der Waals surface area (Å²) in [6.07, 6.45) is -1.67. The normalized spacial score (nSPS) is 11.2. The minimum absolute atomic E-state index is 0.0253. The number of carbonyl (C=O) groups is 4. The SMILES string of the molecule is O=C(CNC(=O)C(F)(F)F)c1ccc(CN(C(=O)c2ccncc2)c2cccc(F)c2)nc1.O=C(c1ccncc1)N(Cc1ccc(-c2nnc(C(F)(F)F)o2)cn1)c1cccc(F)c1. The molecule has 332 valence electrons. The van der Waals surface area contributed by atoms with E-state index in [-0.39, 0.29) is 35.8 Å². The summed E-state index contributed by atoms with van der Waals surface area (Å²) in [4.78, 5) is 67.6. The summed E-state index contributed by atoms with van der Waals surface area (Å²) >= 11 is 0. The molecule has 0 aliphatic heterocycles. The quantitative estimate of drug-likeness (QED) is 0.0933. The lowest BCUT2D eigenvalue weighted by Gasteiger charge is -2.23. The van der Waals surface area contributed by atoms with E-state index in [1.54, 1.807) is 12.1 Å². The molecule has 0 radical (unpaired) electrons. The second-order valence-electron chi connectivity index (χ2n) is 13.3. The summed E-state index contributed by atoms with van der Waals surface area (Å²) in [5.74, 6) is -6.72. The zero-order valence-corrected chi connectivity index (χ0v) is 33.0. The van der Waals surface area contributed by atoms with Crippen molar-refractivity contribution in [2.45, 2.75) is 25.4 Å². The van der Waals surface area contributed by atoms with Gasteiger partial charge in [0.15, 0.2) is 5.78 Å². The van der Waals surface area contributed by atoms with E-state index < -0.39 is 59.9 Å². The van der Waals surface area contributed by atoms with Gasteiger partial charge >= 0.3 is 24.2 Å². The molecule has 0 aliphatic rings. The van der Waals surface area contributed by atoms with Gasteiger partial charge in [0.05, 0.1) is 36.6 Å². The van der Waals surface area contributed by atoms with Crippen LogP contribution in [0, 0.1) is 11.6 Å². The third-order valence-electron chi connectivity index (χ3n) is 8.78. The van der Waals surface area contributed by atoms with Gasteiger partial charge in [-0.2, -0.15) is 26.3 Å². The minimum atomic E-state index is -5.09. The Hall–Kier alpha value is -8.30. The third kappa shape index (κ3) is 12.4. The van der Waals surface area contributed by atoms with Crippen molar-refractivity contribution in [2.75, 3.05) is 16.3 Å². The topological polar surface area (TPSA) is 177 Å². The number of hydrogen-bond acceptors (Lipinski definition) is 11. The van der Waals surface area contributed by atoms with Crippen LogP contribution in [0.4, 0.5) is 46.5 Å². The summed E-state index contributed by atoms with van der Waals surface area (Å²) in [5.41, 5.74) is 2.10. The fourth-order valence-electron chi connectivity index (χ4n) is 5.62. The van der Waals surface area contributed by atoms with E-state index in [2.05, 4.69) is 34.6 Å². The first-order valence-electron chi connectivity index (χ1n) is 18.6. The summed E-state index contributed by atoms with van der Waals surface area (Å²) < 4.78 is 107. The van der Waals surface area contributed by atoms with Crippen LogP contribution in [0.2, 0.25) is 0 Å². The molecule has 7 rings (SSSR count). The molecule has 5 heterocycles. The van der Waals surface area contributed by atoms with E-state index in [1.165, 1.54) is 131 Å². The number of nitrogens with zero attached hydrogens (tertiary/aromatic N) is 8. The first-order valence-corrected chi connectivity index (χ1v) is 18.6. The number of Topliss-reactive ketones (excluding diaryl/α,β-unsaturated/α-hetero) is 1. The highest BCUT2D eigenvalue weighted by Gasteiger charge is 2.39. The molecule has 0 bridgehead atoms. The van der Waals surface area contributed by atoms with Crippen molar-refractivity contribution in [3.63, 3.8) is 0 Å². The van der Waals surface area contributed by atoms with Crippen LogP contribution in [0.15, 0.2) is 139 Å². The van der Waals surface area contributed by atoms with Crippen LogP contribution < -0.4 is 15.1 Å². The van der Waals surface area contributed by atoms with Crippen LogP contribution in [0.3, 0.4) is 0 Å². The highest BCUT2D eigenvalue weighted by Crippen LogP contribution is 2.30. The molecule has 7 aromatic rings. The number of benzene rings is 2. The van der Waals surface area contributed by atoms with E-state index in [9.17, 15) is 54.3 Å². The van der Waals surface area contributed by atoms with E-state index in [0.717, 1.165) is 6.20 Å². The average molecular weight is 904 g/mol. The van der Waals surface area contributed by atoms with Gasteiger partial charge in [0.1, 0.15) is 11.6 Å². The Morgan fingerprint density at radius 1 is 0.600 bits per heavy atom. The highest BCUT2D eigenvalue weighted by atomic mass is 19.4. The van der Waals surface area contributed by atoms with Gasteiger partial charge in [0, 0.05) is 65.2 Å². The Kier molecular flexibility index (Phi) is 14.4. The maximum absolute atomic E-state index is 13.8. The number of anilines is 2. The first-order chi connectivity index (χ1) is 31.0. The van der Waals surface area contributed by atoms with Crippen LogP contribution in [0.25, 0.3) is 11.5 Å². The molecule has 0 fully saturated rings. The molecule has 14 nitrogen and oxygen atoms in total. The number of amides is 3. The number of rotatable bonds is 12. The summed E-state index contributed by atoms with van der Waals surface area (Å²) in [6.45, 7) is -0.957.